The van der Waals surface area contributed by atoms with Crippen molar-refractivity contribution in [3.05, 3.63) is 17.5 Å². The van der Waals surface area contributed by atoms with Crippen molar-refractivity contribution < 1.29 is 9.07 Å². The second-order valence-corrected chi connectivity index (χ2v) is 5.37. The maximum absolute atomic E-state index is 14.3. The molecule has 1 saturated heterocycles. The molecule has 0 bridgehead atoms. The number of likely N-dealkylation sites (tertiary alicyclic amines) is 1. The first-order valence-electron chi connectivity index (χ1n) is 6.45. The van der Waals surface area contributed by atoms with Crippen LogP contribution >= 0.6 is 0 Å². The van der Waals surface area contributed by atoms with Gasteiger partial charge in [-0.2, -0.15) is 5.10 Å². The molecule has 1 N–H and O–H groups in total. The number of hydrogen-bond donors (Lipinski definition) is 1. The van der Waals surface area contributed by atoms with Crippen molar-refractivity contribution in [1.29, 1.82) is 0 Å². The fourth-order valence-corrected chi connectivity index (χ4v) is 2.58. The lowest BCUT2D eigenvalue weighted by atomic mass is 10.0. The summed E-state index contributed by atoms with van der Waals surface area (Å²) in [6.45, 7) is 9.89. The number of aryl methyl sites for hydroxylation is 1. The molecule has 3 nitrogen and oxygen atoms in total. The highest BCUT2D eigenvalue weighted by Gasteiger charge is 2.38. The van der Waals surface area contributed by atoms with Crippen molar-refractivity contribution in [3.8, 4) is 0 Å². The minimum atomic E-state index is -0.784. The lowest BCUT2D eigenvalue weighted by Crippen LogP contribution is -2.56. The second-order valence-electron chi connectivity index (χ2n) is 5.37. The van der Waals surface area contributed by atoms with E-state index in [1.54, 1.807) is 0 Å². The highest BCUT2D eigenvalue weighted by Crippen LogP contribution is 2.22. The van der Waals surface area contributed by atoms with Crippen LogP contribution in [0.3, 0.4) is 0 Å². The monoisotopic (exact) mass is 240 g/mol. The molecule has 1 aromatic rings. The molecule has 0 amide bonds. The molecular formula is C13H23FN3+. The highest BCUT2D eigenvalue weighted by molar-refractivity contribution is 5.06. The molecule has 96 valence electrons. The number of hydrogen-bond acceptors (Lipinski definition) is 1. The van der Waals surface area contributed by atoms with Gasteiger partial charge in [-0.1, -0.05) is 0 Å². The van der Waals surface area contributed by atoms with Gasteiger partial charge in [0.1, 0.15) is 0 Å². The van der Waals surface area contributed by atoms with Gasteiger partial charge in [0.15, 0.2) is 6.17 Å². The van der Waals surface area contributed by atoms with E-state index in [-0.39, 0.29) is 6.04 Å². The second kappa shape index (κ2) is 4.77. The van der Waals surface area contributed by atoms with Crippen molar-refractivity contribution in [2.45, 2.75) is 52.4 Å². The quantitative estimate of drug-likeness (QED) is 0.784. The maximum Gasteiger partial charge on any atom is 0.215 e. The van der Waals surface area contributed by atoms with E-state index in [1.807, 2.05) is 17.8 Å². The van der Waals surface area contributed by atoms with Crippen molar-refractivity contribution in [1.82, 2.24) is 10.00 Å². The minimum Gasteiger partial charge on any atom is -0.298 e. The summed E-state index contributed by atoms with van der Waals surface area (Å²) in [7, 11) is 0. The third-order valence-electron chi connectivity index (χ3n) is 3.95. The summed E-state index contributed by atoms with van der Waals surface area (Å²) >= 11 is 0. The van der Waals surface area contributed by atoms with Crippen molar-refractivity contribution in [2.75, 3.05) is 13.1 Å². The molecule has 0 saturated carbocycles. The number of H-pyrrole nitrogens is 1. The Kier molecular flexibility index (Phi) is 3.52. The molecule has 2 rings (SSSR count). The van der Waals surface area contributed by atoms with E-state index in [4.69, 9.17) is 0 Å². The zero-order valence-corrected chi connectivity index (χ0v) is 11.2. The van der Waals surface area contributed by atoms with E-state index in [9.17, 15) is 4.39 Å². The summed E-state index contributed by atoms with van der Waals surface area (Å²) in [4.78, 5) is 2.22. The topological polar surface area (TPSA) is 22.9 Å². The van der Waals surface area contributed by atoms with Crippen LogP contribution < -0.4 is 4.68 Å². The molecular weight excluding hydrogens is 217 g/mol. The average Bonchev–Trinajstić information content (AvgIpc) is 2.60. The van der Waals surface area contributed by atoms with Crippen LogP contribution in [0.5, 0.6) is 0 Å². The number of rotatable bonds is 2. The predicted octanol–water partition coefficient (Wildman–Crippen LogP) is 1.91. The van der Waals surface area contributed by atoms with Crippen LogP contribution in [0, 0.1) is 13.8 Å². The fourth-order valence-electron chi connectivity index (χ4n) is 2.58. The maximum atomic E-state index is 14.3. The van der Waals surface area contributed by atoms with E-state index < -0.39 is 6.17 Å². The third-order valence-corrected chi connectivity index (χ3v) is 3.95. The Balaban J connectivity index is 2.12. The number of aromatic nitrogens is 2. The summed E-state index contributed by atoms with van der Waals surface area (Å²) in [5, 5.41) is 3.18. The molecule has 0 radical (unpaired) electrons. The SMILES string of the molecule is Cc1c[nH][n+]([C@H]2CCN(C(C)C)C[C@@H]2F)c1C. The van der Waals surface area contributed by atoms with Gasteiger partial charge in [0, 0.05) is 38.0 Å². The van der Waals surface area contributed by atoms with Crippen LogP contribution in [0.4, 0.5) is 4.39 Å². The van der Waals surface area contributed by atoms with Crippen LogP contribution in [0.1, 0.15) is 37.6 Å². The minimum absolute atomic E-state index is 0.0290. The van der Waals surface area contributed by atoms with Crippen LogP contribution in [0.15, 0.2) is 6.20 Å². The molecule has 17 heavy (non-hydrogen) atoms. The molecule has 2 heterocycles. The van der Waals surface area contributed by atoms with Gasteiger partial charge in [0.05, 0.1) is 6.20 Å². The molecule has 0 spiro atoms. The Bertz CT molecular complexity index is 386. The lowest BCUT2D eigenvalue weighted by Gasteiger charge is -2.34. The van der Waals surface area contributed by atoms with E-state index in [0.717, 1.165) is 18.7 Å². The van der Waals surface area contributed by atoms with E-state index in [2.05, 4.69) is 30.8 Å². The van der Waals surface area contributed by atoms with Gasteiger partial charge in [0.2, 0.25) is 11.7 Å². The molecule has 1 aromatic heterocycles. The summed E-state index contributed by atoms with van der Waals surface area (Å²) in [6.07, 6.45) is 2.05. The number of alkyl halides is 1. The first kappa shape index (κ1) is 12.6. The summed E-state index contributed by atoms with van der Waals surface area (Å²) in [5.41, 5.74) is 2.35. The zero-order valence-electron chi connectivity index (χ0n) is 11.2. The molecule has 2 atom stereocenters. The standard InChI is InChI=1S/C13H22FN3/c1-9(2)16-6-5-13(12(14)8-16)17-11(4)10(3)7-15-17/h7,9,12-13H,5-6,8H2,1-4H3/p+1/t12-,13-/m0/s1. The Morgan fingerprint density at radius 2 is 2.18 bits per heavy atom. The van der Waals surface area contributed by atoms with Gasteiger partial charge >= 0.3 is 0 Å². The van der Waals surface area contributed by atoms with Gasteiger partial charge < -0.3 is 0 Å². The fraction of sp³-hybridized carbons (Fsp3) is 0.769. The van der Waals surface area contributed by atoms with Crippen molar-refractivity contribution >= 4 is 0 Å². The number of halogens is 1. The van der Waals surface area contributed by atoms with E-state index in [1.165, 1.54) is 5.56 Å². The highest BCUT2D eigenvalue weighted by atomic mass is 19.1. The predicted molar refractivity (Wildman–Crippen MR) is 65.7 cm³/mol. The number of nitrogens with one attached hydrogen (secondary N) is 1. The molecule has 0 unspecified atom stereocenters. The zero-order chi connectivity index (χ0) is 12.6. The van der Waals surface area contributed by atoms with Gasteiger partial charge in [-0.05, 0) is 20.8 Å². The van der Waals surface area contributed by atoms with E-state index in [0.29, 0.717) is 12.6 Å². The molecule has 1 aliphatic rings. The van der Waals surface area contributed by atoms with Crippen LogP contribution in [-0.4, -0.2) is 35.3 Å². The first-order valence-corrected chi connectivity index (χ1v) is 6.45. The molecule has 0 aromatic carbocycles. The van der Waals surface area contributed by atoms with Gasteiger partial charge in [-0.15, -0.1) is 4.68 Å². The number of nitrogens with zero attached hydrogens (tertiary/aromatic N) is 2. The van der Waals surface area contributed by atoms with Crippen molar-refractivity contribution in [3.63, 3.8) is 0 Å². The Hall–Kier alpha value is -0.900. The van der Waals surface area contributed by atoms with Gasteiger partial charge in [0.25, 0.3) is 0 Å². The third kappa shape index (κ3) is 2.37. The number of piperidine rings is 1. The smallest absolute Gasteiger partial charge is 0.215 e. The Morgan fingerprint density at radius 3 is 2.65 bits per heavy atom. The lowest BCUT2D eigenvalue weighted by molar-refractivity contribution is -0.785. The molecule has 1 aliphatic heterocycles. The van der Waals surface area contributed by atoms with Gasteiger partial charge in [-0.25, -0.2) is 4.39 Å². The van der Waals surface area contributed by atoms with Crippen LogP contribution in [-0.2, 0) is 0 Å². The molecule has 0 aliphatic carbocycles. The van der Waals surface area contributed by atoms with Crippen LogP contribution in [0.25, 0.3) is 0 Å². The largest absolute Gasteiger partial charge is 0.298 e. The molecule has 1 fully saturated rings. The van der Waals surface area contributed by atoms with Crippen LogP contribution in [0.2, 0.25) is 0 Å². The Morgan fingerprint density at radius 1 is 1.47 bits per heavy atom. The van der Waals surface area contributed by atoms with Gasteiger partial charge in [-0.3, -0.25) is 4.90 Å². The first-order chi connectivity index (χ1) is 8.00. The summed E-state index contributed by atoms with van der Waals surface area (Å²) in [5.74, 6) is 0. The number of aromatic amines is 1. The normalized spacial score (nSPS) is 26.7. The summed E-state index contributed by atoms with van der Waals surface area (Å²) < 4.78 is 16.2. The summed E-state index contributed by atoms with van der Waals surface area (Å²) in [6, 6.07) is 0.407. The average molecular weight is 240 g/mol. The van der Waals surface area contributed by atoms with E-state index >= 15 is 0 Å². The van der Waals surface area contributed by atoms with Crippen molar-refractivity contribution in [2.24, 2.45) is 0 Å². The molecule has 4 heteroatoms. The Labute approximate surface area is 103 Å².